The van der Waals surface area contributed by atoms with Crippen LogP contribution < -0.4 is 16.4 Å². The van der Waals surface area contributed by atoms with Crippen molar-refractivity contribution in [2.75, 3.05) is 33.4 Å². The molecule has 106 valence electrons. The van der Waals surface area contributed by atoms with Crippen molar-refractivity contribution in [3.05, 3.63) is 0 Å². The standard InChI is InChI=1S/C12H25N3O3/c1-4-12(2,9-13)11(17)15-6-5-10(16)14-7-8-18-3/h4-9,13H2,1-3H3,(H,14,16)(H,15,17). The first-order valence-corrected chi connectivity index (χ1v) is 6.24. The summed E-state index contributed by atoms with van der Waals surface area (Å²) in [5.41, 5.74) is 5.03. The fourth-order valence-corrected chi connectivity index (χ4v) is 1.28. The molecule has 0 saturated heterocycles. The van der Waals surface area contributed by atoms with Crippen LogP contribution in [-0.4, -0.2) is 45.2 Å². The lowest BCUT2D eigenvalue weighted by molar-refractivity contribution is -0.130. The highest BCUT2D eigenvalue weighted by Crippen LogP contribution is 2.18. The SMILES string of the molecule is CCC(C)(CN)C(=O)NCCC(=O)NCCOC. The van der Waals surface area contributed by atoms with E-state index in [0.29, 0.717) is 32.7 Å². The molecule has 0 radical (unpaired) electrons. The predicted octanol–water partition coefficient (Wildman–Crippen LogP) is -0.370. The van der Waals surface area contributed by atoms with E-state index in [-0.39, 0.29) is 18.2 Å². The van der Waals surface area contributed by atoms with Crippen LogP contribution in [-0.2, 0) is 14.3 Å². The Morgan fingerprint density at radius 3 is 2.44 bits per heavy atom. The second kappa shape index (κ2) is 8.88. The summed E-state index contributed by atoms with van der Waals surface area (Å²) in [7, 11) is 1.57. The Bertz CT molecular complexity index is 265. The summed E-state index contributed by atoms with van der Waals surface area (Å²) in [5.74, 6) is -0.199. The number of hydrogen-bond donors (Lipinski definition) is 3. The van der Waals surface area contributed by atoms with Crippen molar-refractivity contribution in [3.63, 3.8) is 0 Å². The van der Waals surface area contributed by atoms with Gasteiger partial charge in [-0.1, -0.05) is 6.92 Å². The average Bonchev–Trinajstić information content (AvgIpc) is 2.38. The molecular formula is C12H25N3O3. The Kier molecular flexibility index (Phi) is 8.32. The number of nitrogens with one attached hydrogen (secondary N) is 2. The monoisotopic (exact) mass is 259 g/mol. The lowest BCUT2D eigenvalue weighted by Gasteiger charge is -2.24. The van der Waals surface area contributed by atoms with Gasteiger partial charge < -0.3 is 21.1 Å². The summed E-state index contributed by atoms with van der Waals surface area (Å²) in [6.45, 7) is 5.34. The first-order chi connectivity index (χ1) is 8.50. The van der Waals surface area contributed by atoms with Gasteiger partial charge in [-0.3, -0.25) is 9.59 Å². The number of nitrogens with two attached hydrogens (primary N) is 1. The molecule has 18 heavy (non-hydrogen) atoms. The molecule has 0 bridgehead atoms. The van der Waals surface area contributed by atoms with Crippen LogP contribution in [0.25, 0.3) is 0 Å². The van der Waals surface area contributed by atoms with Crippen LogP contribution in [0.3, 0.4) is 0 Å². The molecule has 6 heteroatoms. The van der Waals surface area contributed by atoms with Crippen molar-refractivity contribution in [2.24, 2.45) is 11.1 Å². The fourth-order valence-electron chi connectivity index (χ4n) is 1.28. The number of carbonyl (C=O) groups is 2. The number of methoxy groups -OCH3 is 1. The fraction of sp³-hybridized carbons (Fsp3) is 0.833. The van der Waals surface area contributed by atoms with E-state index in [1.54, 1.807) is 7.11 Å². The van der Waals surface area contributed by atoms with Crippen LogP contribution >= 0.6 is 0 Å². The predicted molar refractivity (Wildman–Crippen MR) is 70.0 cm³/mol. The lowest BCUT2D eigenvalue weighted by Crippen LogP contribution is -2.44. The summed E-state index contributed by atoms with van der Waals surface area (Å²) in [4.78, 5) is 23.2. The highest BCUT2D eigenvalue weighted by atomic mass is 16.5. The van der Waals surface area contributed by atoms with Crippen LogP contribution in [0.1, 0.15) is 26.7 Å². The minimum absolute atomic E-state index is 0.0988. The third-order valence-corrected chi connectivity index (χ3v) is 3.05. The van der Waals surface area contributed by atoms with Gasteiger partial charge in [0.1, 0.15) is 0 Å². The first-order valence-electron chi connectivity index (χ1n) is 6.24. The van der Waals surface area contributed by atoms with E-state index in [1.165, 1.54) is 0 Å². The van der Waals surface area contributed by atoms with E-state index >= 15 is 0 Å². The van der Waals surface area contributed by atoms with Gasteiger partial charge in [0, 0.05) is 33.2 Å². The Balaban J connectivity index is 3.83. The van der Waals surface area contributed by atoms with Gasteiger partial charge in [0.05, 0.1) is 12.0 Å². The molecular weight excluding hydrogens is 234 g/mol. The molecule has 0 heterocycles. The van der Waals surface area contributed by atoms with Crippen LogP contribution in [0, 0.1) is 5.41 Å². The Hall–Kier alpha value is -1.14. The Labute approximate surface area is 109 Å². The normalized spacial score (nSPS) is 13.8. The molecule has 6 nitrogen and oxygen atoms in total. The minimum atomic E-state index is -0.549. The number of hydrogen-bond acceptors (Lipinski definition) is 4. The average molecular weight is 259 g/mol. The molecule has 0 aromatic carbocycles. The maximum absolute atomic E-state index is 11.8. The summed E-state index contributed by atoms with van der Waals surface area (Å²) in [6, 6.07) is 0. The Morgan fingerprint density at radius 1 is 1.28 bits per heavy atom. The molecule has 1 unspecified atom stereocenters. The van der Waals surface area contributed by atoms with Crippen molar-refractivity contribution in [2.45, 2.75) is 26.7 Å². The summed E-state index contributed by atoms with van der Waals surface area (Å²) < 4.78 is 4.81. The van der Waals surface area contributed by atoms with Crippen molar-refractivity contribution in [1.29, 1.82) is 0 Å². The molecule has 0 aromatic heterocycles. The minimum Gasteiger partial charge on any atom is -0.383 e. The van der Waals surface area contributed by atoms with E-state index in [4.69, 9.17) is 10.5 Å². The van der Waals surface area contributed by atoms with Gasteiger partial charge in [-0.25, -0.2) is 0 Å². The summed E-state index contributed by atoms with van der Waals surface area (Å²) in [5, 5.41) is 5.42. The van der Waals surface area contributed by atoms with Crippen LogP contribution in [0.5, 0.6) is 0 Å². The Morgan fingerprint density at radius 2 is 1.94 bits per heavy atom. The van der Waals surface area contributed by atoms with Gasteiger partial charge in [-0.15, -0.1) is 0 Å². The number of carbonyl (C=O) groups excluding carboxylic acids is 2. The highest BCUT2D eigenvalue weighted by Gasteiger charge is 2.29. The molecule has 0 fully saturated rings. The lowest BCUT2D eigenvalue weighted by atomic mass is 9.87. The zero-order chi connectivity index (χ0) is 14.0. The maximum Gasteiger partial charge on any atom is 0.227 e. The zero-order valence-corrected chi connectivity index (χ0v) is 11.5. The van der Waals surface area contributed by atoms with Crippen molar-refractivity contribution < 1.29 is 14.3 Å². The molecule has 1 atom stereocenters. The largest absolute Gasteiger partial charge is 0.383 e. The van der Waals surface area contributed by atoms with E-state index in [2.05, 4.69) is 10.6 Å². The smallest absolute Gasteiger partial charge is 0.227 e. The van der Waals surface area contributed by atoms with Crippen LogP contribution in [0.4, 0.5) is 0 Å². The van der Waals surface area contributed by atoms with Gasteiger partial charge >= 0.3 is 0 Å². The third-order valence-electron chi connectivity index (χ3n) is 3.05. The van der Waals surface area contributed by atoms with E-state index < -0.39 is 5.41 Å². The summed E-state index contributed by atoms with van der Waals surface area (Å²) >= 11 is 0. The second-order valence-electron chi connectivity index (χ2n) is 4.47. The topological polar surface area (TPSA) is 93.5 Å². The zero-order valence-electron chi connectivity index (χ0n) is 11.5. The van der Waals surface area contributed by atoms with E-state index in [1.807, 2.05) is 13.8 Å². The highest BCUT2D eigenvalue weighted by molar-refractivity contribution is 5.83. The third kappa shape index (κ3) is 5.97. The molecule has 4 N–H and O–H groups in total. The number of rotatable bonds is 9. The van der Waals surface area contributed by atoms with Crippen molar-refractivity contribution in [3.8, 4) is 0 Å². The van der Waals surface area contributed by atoms with Crippen molar-refractivity contribution >= 4 is 11.8 Å². The van der Waals surface area contributed by atoms with Gasteiger partial charge in [-0.2, -0.15) is 0 Å². The van der Waals surface area contributed by atoms with Crippen LogP contribution in [0.2, 0.25) is 0 Å². The van der Waals surface area contributed by atoms with Gasteiger partial charge in [0.2, 0.25) is 11.8 Å². The van der Waals surface area contributed by atoms with Gasteiger partial charge in [0.15, 0.2) is 0 Å². The molecule has 0 aliphatic heterocycles. The quantitative estimate of drug-likeness (QED) is 0.492. The van der Waals surface area contributed by atoms with Crippen molar-refractivity contribution in [1.82, 2.24) is 10.6 Å². The van der Waals surface area contributed by atoms with E-state index in [9.17, 15) is 9.59 Å². The molecule has 0 aliphatic carbocycles. The molecule has 0 saturated carbocycles. The number of amides is 2. The van der Waals surface area contributed by atoms with Crippen LogP contribution in [0.15, 0.2) is 0 Å². The van der Waals surface area contributed by atoms with Gasteiger partial charge in [-0.05, 0) is 13.3 Å². The van der Waals surface area contributed by atoms with E-state index in [0.717, 1.165) is 0 Å². The summed E-state index contributed by atoms with van der Waals surface area (Å²) in [6.07, 6.45) is 0.940. The maximum atomic E-state index is 11.8. The molecule has 0 aromatic rings. The number of ether oxygens (including phenoxy) is 1. The molecule has 2 amide bonds. The molecule has 0 aliphatic rings. The van der Waals surface area contributed by atoms with Gasteiger partial charge in [0.25, 0.3) is 0 Å². The second-order valence-corrected chi connectivity index (χ2v) is 4.47. The first kappa shape index (κ1) is 16.9. The molecule has 0 spiro atoms. The molecule has 0 rings (SSSR count).